The fraction of sp³-hybridized carbons (Fsp3) is 0.125. The zero-order chi connectivity index (χ0) is 9.14. The summed E-state index contributed by atoms with van der Waals surface area (Å²) in [5.41, 5.74) is -0.0589. The Balaban J connectivity index is 3.23. The third-order valence-electron chi connectivity index (χ3n) is 1.31. The SMILES string of the molecule is CN=Cc1cc(F)c(F)cc1F. The molecule has 4 heteroatoms. The smallest absolute Gasteiger partial charge is 0.161 e. The number of halogens is 3. The van der Waals surface area contributed by atoms with E-state index in [4.69, 9.17) is 0 Å². The maximum atomic E-state index is 12.7. The molecule has 0 saturated carbocycles. The van der Waals surface area contributed by atoms with E-state index in [2.05, 4.69) is 4.99 Å². The van der Waals surface area contributed by atoms with Crippen LogP contribution in [0.2, 0.25) is 0 Å². The van der Waals surface area contributed by atoms with Crippen LogP contribution >= 0.6 is 0 Å². The van der Waals surface area contributed by atoms with Gasteiger partial charge in [-0.15, -0.1) is 0 Å². The Morgan fingerprint density at radius 2 is 1.67 bits per heavy atom. The molecule has 0 atom stereocenters. The quantitative estimate of drug-likeness (QED) is 0.455. The number of hydrogen-bond donors (Lipinski definition) is 0. The number of aliphatic imine (C=N–C) groups is 1. The van der Waals surface area contributed by atoms with Crippen molar-refractivity contribution in [2.24, 2.45) is 4.99 Å². The molecule has 1 aromatic rings. The second-order valence-corrected chi connectivity index (χ2v) is 2.18. The summed E-state index contributed by atoms with van der Waals surface area (Å²) in [6, 6.07) is 1.25. The molecule has 1 rings (SSSR count). The molecule has 0 aliphatic heterocycles. The molecule has 0 saturated heterocycles. The van der Waals surface area contributed by atoms with Gasteiger partial charge in [0.05, 0.1) is 0 Å². The van der Waals surface area contributed by atoms with Crippen LogP contribution in [0.1, 0.15) is 5.56 Å². The normalized spacial score (nSPS) is 11.0. The topological polar surface area (TPSA) is 12.4 Å². The predicted octanol–water partition coefficient (Wildman–Crippen LogP) is 2.15. The Labute approximate surface area is 67.6 Å². The zero-order valence-electron chi connectivity index (χ0n) is 6.31. The maximum absolute atomic E-state index is 12.7. The third kappa shape index (κ3) is 1.64. The first-order valence-corrected chi connectivity index (χ1v) is 3.22. The second kappa shape index (κ2) is 3.38. The molecule has 0 aliphatic rings. The van der Waals surface area contributed by atoms with E-state index >= 15 is 0 Å². The molecule has 0 unspecified atom stereocenters. The lowest BCUT2D eigenvalue weighted by Crippen LogP contribution is -1.93. The summed E-state index contributed by atoms with van der Waals surface area (Å²) in [4.78, 5) is 3.48. The Bertz CT molecular complexity index is 320. The van der Waals surface area contributed by atoms with Crippen molar-refractivity contribution in [3.63, 3.8) is 0 Å². The maximum Gasteiger partial charge on any atom is 0.161 e. The first-order chi connectivity index (χ1) is 5.65. The lowest BCUT2D eigenvalue weighted by molar-refractivity contribution is 0.494. The summed E-state index contributed by atoms with van der Waals surface area (Å²) >= 11 is 0. The van der Waals surface area contributed by atoms with E-state index < -0.39 is 17.5 Å². The van der Waals surface area contributed by atoms with Crippen LogP contribution in [-0.4, -0.2) is 13.3 Å². The van der Waals surface area contributed by atoms with Crippen LogP contribution in [-0.2, 0) is 0 Å². The van der Waals surface area contributed by atoms with Crippen molar-refractivity contribution in [3.8, 4) is 0 Å². The van der Waals surface area contributed by atoms with E-state index in [0.717, 1.165) is 12.3 Å². The van der Waals surface area contributed by atoms with Gasteiger partial charge < -0.3 is 0 Å². The molecule has 1 aromatic carbocycles. The number of hydrogen-bond acceptors (Lipinski definition) is 1. The number of benzene rings is 1. The summed E-state index contributed by atoms with van der Waals surface area (Å²) < 4.78 is 37.5. The van der Waals surface area contributed by atoms with Crippen LogP contribution in [0.15, 0.2) is 17.1 Å². The van der Waals surface area contributed by atoms with Crippen LogP contribution in [0, 0.1) is 17.5 Å². The molecule has 64 valence electrons. The Hall–Kier alpha value is -1.32. The van der Waals surface area contributed by atoms with Crippen molar-refractivity contribution in [2.45, 2.75) is 0 Å². The third-order valence-corrected chi connectivity index (χ3v) is 1.31. The first kappa shape index (κ1) is 8.77. The van der Waals surface area contributed by atoms with Crippen molar-refractivity contribution in [1.82, 2.24) is 0 Å². The lowest BCUT2D eigenvalue weighted by Gasteiger charge is -1.96. The molecule has 0 bridgehead atoms. The van der Waals surface area contributed by atoms with Crippen LogP contribution in [0.4, 0.5) is 13.2 Å². The largest absolute Gasteiger partial charge is 0.296 e. The molecule has 0 amide bonds. The van der Waals surface area contributed by atoms with Crippen molar-refractivity contribution in [2.75, 3.05) is 7.05 Å². The van der Waals surface area contributed by atoms with Gasteiger partial charge in [0.15, 0.2) is 11.6 Å². The summed E-state index contributed by atoms with van der Waals surface area (Å²) in [7, 11) is 1.42. The first-order valence-electron chi connectivity index (χ1n) is 3.22. The minimum absolute atomic E-state index is 0.0589. The van der Waals surface area contributed by atoms with E-state index in [0.29, 0.717) is 6.07 Å². The van der Waals surface area contributed by atoms with Crippen LogP contribution in [0.5, 0.6) is 0 Å². The van der Waals surface area contributed by atoms with Gasteiger partial charge in [0.1, 0.15) is 5.82 Å². The summed E-state index contributed by atoms with van der Waals surface area (Å²) in [5.74, 6) is -3.09. The summed E-state index contributed by atoms with van der Waals surface area (Å²) in [6.07, 6.45) is 1.12. The van der Waals surface area contributed by atoms with Gasteiger partial charge in [-0.1, -0.05) is 0 Å². The number of rotatable bonds is 1. The van der Waals surface area contributed by atoms with Gasteiger partial charge in [-0.2, -0.15) is 0 Å². The summed E-state index contributed by atoms with van der Waals surface area (Å²) in [5, 5.41) is 0. The highest BCUT2D eigenvalue weighted by Gasteiger charge is 2.07. The van der Waals surface area contributed by atoms with E-state index in [-0.39, 0.29) is 5.56 Å². The molecule has 0 fully saturated rings. The molecule has 0 heterocycles. The zero-order valence-corrected chi connectivity index (χ0v) is 6.31. The highest BCUT2D eigenvalue weighted by molar-refractivity contribution is 5.79. The average molecular weight is 173 g/mol. The lowest BCUT2D eigenvalue weighted by atomic mass is 10.2. The standard InChI is InChI=1S/C8H6F3N/c1-12-4-5-2-7(10)8(11)3-6(5)9/h2-4H,1H3. The Morgan fingerprint density at radius 1 is 1.08 bits per heavy atom. The molecular weight excluding hydrogens is 167 g/mol. The van der Waals surface area contributed by atoms with Gasteiger partial charge in [0, 0.05) is 24.9 Å². The fourth-order valence-corrected chi connectivity index (χ4v) is 0.776. The highest BCUT2D eigenvalue weighted by atomic mass is 19.2. The van der Waals surface area contributed by atoms with E-state index in [9.17, 15) is 13.2 Å². The van der Waals surface area contributed by atoms with Crippen molar-refractivity contribution < 1.29 is 13.2 Å². The van der Waals surface area contributed by atoms with Gasteiger partial charge in [-0.05, 0) is 6.07 Å². The van der Waals surface area contributed by atoms with Gasteiger partial charge in [-0.3, -0.25) is 4.99 Å². The molecule has 1 nitrogen and oxygen atoms in total. The minimum atomic E-state index is -1.19. The Kier molecular flexibility index (Phi) is 2.47. The number of nitrogens with zero attached hydrogens (tertiary/aromatic N) is 1. The van der Waals surface area contributed by atoms with Crippen LogP contribution in [0.3, 0.4) is 0 Å². The van der Waals surface area contributed by atoms with Crippen molar-refractivity contribution >= 4 is 6.21 Å². The molecule has 0 spiro atoms. The molecule has 12 heavy (non-hydrogen) atoms. The van der Waals surface area contributed by atoms with Gasteiger partial charge in [-0.25, -0.2) is 13.2 Å². The van der Waals surface area contributed by atoms with Gasteiger partial charge in [0.25, 0.3) is 0 Å². The second-order valence-electron chi connectivity index (χ2n) is 2.18. The monoisotopic (exact) mass is 173 g/mol. The molecular formula is C8H6F3N. The van der Waals surface area contributed by atoms with Crippen LogP contribution in [0.25, 0.3) is 0 Å². The fourth-order valence-electron chi connectivity index (χ4n) is 0.776. The van der Waals surface area contributed by atoms with E-state index in [1.54, 1.807) is 0 Å². The van der Waals surface area contributed by atoms with Gasteiger partial charge in [0.2, 0.25) is 0 Å². The van der Waals surface area contributed by atoms with Crippen molar-refractivity contribution in [1.29, 1.82) is 0 Å². The average Bonchev–Trinajstić information content (AvgIpc) is 2.01. The highest BCUT2D eigenvalue weighted by Crippen LogP contribution is 2.11. The summed E-state index contributed by atoms with van der Waals surface area (Å²) in [6.45, 7) is 0. The molecule has 0 radical (unpaired) electrons. The van der Waals surface area contributed by atoms with Crippen LogP contribution < -0.4 is 0 Å². The predicted molar refractivity (Wildman–Crippen MR) is 39.8 cm³/mol. The van der Waals surface area contributed by atoms with E-state index in [1.807, 2.05) is 0 Å². The molecule has 0 N–H and O–H groups in total. The molecule has 0 aliphatic carbocycles. The minimum Gasteiger partial charge on any atom is -0.296 e. The Morgan fingerprint density at radius 3 is 2.25 bits per heavy atom. The van der Waals surface area contributed by atoms with Gasteiger partial charge >= 0.3 is 0 Å². The van der Waals surface area contributed by atoms with E-state index in [1.165, 1.54) is 7.05 Å². The van der Waals surface area contributed by atoms with Crippen molar-refractivity contribution in [3.05, 3.63) is 35.1 Å². The molecule has 0 aromatic heterocycles.